The number of nitrogens with zero attached hydrogens (tertiary/aromatic N) is 2. The number of hydrogen-bond acceptors (Lipinski definition) is 3. The van der Waals surface area contributed by atoms with Crippen LogP contribution in [-0.2, 0) is 22.6 Å². The van der Waals surface area contributed by atoms with Crippen LogP contribution in [0.15, 0.2) is 85.5 Å². The molecular formula is C23H22N2O2. The molecule has 0 bridgehead atoms. The van der Waals surface area contributed by atoms with Gasteiger partial charge in [-0.1, -0.05) is 61.2 Å². The summed E-state index contributed by atoms with van der Waals surface area (Å²) in [5.41, 5.74) is 3.98. The molecule has 0 aliphatic rings. The molecule has 0 saturated heterocycles. The van der Waals surface area contributed by atoms with Gasteiger partial charge in [-0.15, -0.1) is 6.58 Å². The van der Waals surface area contributed by atoms with E-state index in [1.54, 1.807) is 6.92 Å². The summed E-state index contributed by atoms with van der Waals surface area (Å²) in [6.45, 7) is 9.20. The smallest absolute Gasteiger partial charge is 0.333 e. The van der Waals surface area contributed by atoms with Crippen LogP contribution in [-0.4, -0.2) is 15.5 Å². The van der Waals surface area contributed by atoms with Gasteiger partial charge in [0.1, 0.15) is 18.1 Å². The van der Waals surface area contributed by atoms with Crippen molar-refractivity contribution in [3.63, 3.8) is 0 Å². The zero-order valence-electron chi connectivity index (χ0n) is 15.4. The van der Waals surface area contributed by atoms with Gasteiger partial charge in [0.05, 0.1) is 5.69 Å². The molecule has 0 fully saturated rings. The average molecular weight is 358 g/mol. The maximum Gasteiger partial charge on any atom is 0.333 e. The topological polar surface area (TPSA) is 44.1 Å². The number of para-hydroxylation sites is 1. The van der Waals surface area contributed by atoms with E-state index in [4.69, 9.17) is 9.72 Å². The van der Waals surface area contributed by atoms with Gasteiger partial charge in [-0.05, 0) is 19.1 Å². The lowest BCUT2D eigenvalue weighted by molar-refractivity contribution is -0.140. The molecule has 0 spiro atoms. The number of carbonyl (C=O) groups excluding carboxylic acids is 1. The summed E-state index contributed by atoms with van der Waals surface area (Å²) in [5, 5.41) is 0. The minimum atomic E-state index is -0.423. The van der Waals surface area contributed by atoms with E-state index in [0.717, 1.165) is 22.8 Å². The normalized spacial score (nSPS) is 10.4. The van der Waals surface area contributed by atoms with E-state index < -0.39 is 5.97 Å². The summed E-state index contributed by atoms with van der Waals surface area (Å²) < 4.78 is 7.49. The molecule has 0 aliphatic carbocycles. The van der Waals surface area contributed by atoms with Gasteiger partial charge in [-0.2, -0.15) is 0 Å². The van der Waals surface area contributed by atoms with E-state index in [1.807, 2.05) is 66.7 Å². The second-order valence-electron chi connectivity index (χ2n) is 6.21. The Kier molecular flexibility index (Phi) is 5.67. The molecule has 3 rings (SSSR count). The SMILES string of the molecule is C=CCc1nc(COC(=O)C(=C)C)c(-c2ccccc2)n1-c1ccccc1. The highest BCUT2D eigenvalue weighted by atomic mass is 16.5. The van der Waals surface area contributed by atoms with Crippen LogP contribution in [0.1, 0.15) is 18.4 Å². The predicted octanol–water partition coefficient (Wildman–Crippen LogP) is 4.89. The summed E-state index contributed by atoms with van der Waals surface area (Å²) in [7, 11) is 0. The minimum absolute atomic E-state index is 0.0832. The van der Waals surface area contributed by atoms with Crippen molar-refractivity contribution in [2.45, 2.75) is 20.0 Å². The zero-order chi connectivity index (χ0) is 19.2. The summed E-state index contributed by atoms with van der Waals surface area (Å²) in [6, 6.07) is 20.0. The van der Waals surface area contributed by atoms with Crippen molar-refractivity contribution >= 4 is 5.97 Å². The van der Waals surface area contributed by atoms with Gasteiger partial charge < -0.3 is 4.74 Å². The molecule has 3 aromatic rings. The molecule has 0 amide bonds. The van der Waals surface area contributed by atoms with Gasteiger partial charge in [0.2, 0.25) is 0 Å². The molecule has 1 heterocycles. The van der Waals surface area contributed by atoms with Gasteiger partial charge >= 0.3 is 5.97 Å². The molecule has 4 nitrogen and oxygen atoms in total. The Morgan fingerprint density at radius 2 is 1.74 bits per heavy atom. The molecule has 4 heteroatoms. The van der Waals surface area contributed by atoms with Gasteiger partial charge in [0, 0.05) is 23.2 Å². The maximum atomic E-state index is 11.9. The number of carbonyl (C=O) groups is 1. The summed E-state index contributed by atoms with van der Waals surface area (Å²) >= 11 is 0. The number of imidazole rings is 1. The highest BCUT2D eigenvalue weighted by molar-refractivity contribution is 5.87. The second kappa shape index (κ2) is 8.32. The number of esters is 1. The fourth-order valence-electron chi connectivity index (χ4n) is 2.89. The molecule has 27 heavy (non-hydrogen) atoms. The van der Waals surface area contributed by atoms with Crippen LogP contribution >= 0.6 is 0 Å². The third-order valence-electron chi connectivity index (χ3n) is 4.10. The first kappa shape index (κ1) is 18.4. The highest BCUT2D eigenvalue weighted by Crippen LogP contribution is 2.30. The third-order valence-corrected chi connectivity index (χ3v) is 4.10. The molecule has 0 atom stereocenters. The van der Waals surface area contributed by atoms with E-state index in [9.17, 15) is 4.79 Å². The standard InChI is InChI=1S/C23H22N2O2/c1-4-11-21-24-20(16-27-23(26)17(2)3)22(18-12-7-5-8-13-18)25(21)19-14-9-6-10-15-19/h4-10,12-15H,1-2,11,16H2,3H3. The van der Waals surface area contributed by atoms with Gasteiger partial charge in [-0.25, -0.2) is 9.78 Å². The molecule has 0 aliphatic heterocycles. The number of ether oxygens (including phenoxy) is 1. The quantitative estimate of drug-likeness (QED) is 0.343. The molecule has 0 unspecified atom stereocenters. The van der Waals surface area contributed by atoms with Crippen LogP contribution in [0.2, 0.25) is 0 Å². The van der Waals surface area contributed by atoms with Crippen molar-refractivity contribution in [3.05, 3.63) is 97.0 Å². The Labute approximate surface area is 159 Å². The predicted molar refractivity (Wildman–Crippen MR) is 108 cm³/mol. The maximum absolute atomic E-state index is 11.9. The van der Waals surface area contributed by atoms with Crippen molar-refractivity contribution in [1.29, 1.82) is 0 Å². The van der Waals surface area contributed by atoms with Gasteiger partial charge in [0.25, 0.3) is 0 Å². The molecule has 2 aromatic carbocycles. The molecule has 1 aromatic heterocycles. The molecule has 0 N–H and O–H groups in total. The van der Waals surface area contributed by atoms with Crippen LogP contribution in [0.25, 0.3) is 16.9 Å². The first-order valence-electron chi connectivity index (χ1n) is 8.76. The highest BCUT2D eigenvalue weighted by Gasteiger charge is 2.20. The van der Waals surface area contributed by atoms with Crippen LogP contribution in [0.4, 0.5) is 0 Å². The molecule has 136 valence electrons. The van der Waals surface area contributed by atoms with Crippen LogP contribution < -0.4 is 0 Å². The molecule has 0 saturated carbocycles. The lowest BCUT2D eigenvalue weighted by atomic mass is 10.1. The Hall–Kier alpha value is -3.40. The first-order chi connectivity index (χ1) is 13.1. The Balaban J connectivity index is 2.16. The van der Waals surface area contributed by atoms with Crippen molar-refractivity contribution in [3.8, 4) is 16.9 Å². The van der Waals surface area contributed by atoms with E-state index in [2.05, 4.69) is 17.7 Å². The fourth-order valence-corrected chi connectivity index (χ4v) is 2.89. The lowest BCUT2D eigenvalue weighted by Crippen LogP contribution is -2.06. The number of allylic oxidation sites excluding steroid dienone is 1. The van der Waals surface area contributed by atoms with Crippen molar-refractivity contribution in [2.75, 3.05) is 0 Å². The number of hydrogen-bond donors (Lipinski definition) is 0. The van der Waals surface area contributed by atoms with Gasteiger partial charge in [0.15, 0.2) is 0 Å². The third kappa shape index (κ3) is 4.06. The number of aromatic nitrogens is 2. The Morgan fingerprint density at radius 1 is 1.11 bits per heavy atom. The Morgan fingerprint density at radius 3 is 2.33 bits per heavy atom. The average Bonchev–Trinajstić information content (AvgIpc) is 3.05. The van der Waals surface area contributed by atoms with Gasteiger partial charge in [-0.3, -0.25) is 4.57 Å². The monoisotopic (exact) mass is 358 g/mol. The number of benzene rings is 2. The van der Waals surface area contributed by atoms with Crippen molar-refractivity contribution < 1.29 is 9.53 Å². The van der Waals surface area contributed by atoms with Crippen LogP contribution in [0, 0.1) is 0 Å². The molecule has 0 radical (unpaired) electrons. The fraction of sp³-hybridized carbons (Fsp3) is 0.130. The summed E-state index contributed by atoms with van der Waals surface area (Å²) in [5.74, 6) is 0.421. The summed E-state index contributed by atoms with van der Waals surface area (Å²) in [6.07, 6.45) is 2.42. The Bertz CT molecular complexity index is 957. The minimum Gasteiger partial charge on any atom is -0.456 e. The van der Waals surface area contributed by atoms with Crippen molar-refractivity contribution in [1.82, 2.24) is 9.55 Å². The summed E-state index contributed by atoms with van der Waals surface area (Å²) in [4.78, 5) is 16.6. The van der Waals surface area contributed by atoms with Crippen LogP contribution in [0.5, 0.6) is 0 Å². The number of rotatable bonds is 7. The van der Waals surface area contributed by atoms with E-state index >= 15 is 0 Å². The van der Waals surface area contributed by atoms with E-state index in [0.29, 0.717) is 17.7 Å². The van der Waals surface area contributed by atoms with E-state index in [-0.39, 0.29) is 6.61 Å². The van der Waals surface area contributed by atoms with Crippen molar-refractivity contribution in [2.24, 2.45) is 0 Å². The lowest BCUT2D eigenvalue weighted by Gasteiger charge is -2.13. The second-order valence-corrected chi connectivity index (χ2v) is 6.21. The first-order valence-corrected chi connectivity index (χ1v) is 8.76. The largest absolute Gasteiger partial charge is 0.456 e. The molecular weight excluding hydrogens is 336 g/mol. The zero-order valence-corrected chi connectivity index (χ0v) is 15.4. The van der Waals surface area contributed by atoms with Crippen LogP contribution in [0.3, 0.4) is 0 Å². The van der Waals surface area contributed by atoms with E-state index in [1.165, 1.54) is 0 Å².